The molecule has 12 heteroatoms. The van der Waals surface area contributed by atoms with Crippen LogP contribution in [0.4, 0.5) is 31.5 Å². The summed E-state index contributed by atoms with van der Waals surface area (Å²) in [4.78, 5) is 30.2. The van der Waals surface area contributed by atoms with Gasteiger partial charge in [0.15, 0.2) is 5.13 Å². The molecule has 0 aliphatic carbocycles. The number of hydrogen-bond acceptors (Lipinski definition) is 4. The third kappa shape index (κ3) is 5.54. The predicted molar refractivity (Wildman–Crippen MR) is 101 cm³/mol. The minimum Gasteiger partial charge on any atom is -0.339 e. The summed E-state index contributed by atoms with van der Waals surface area (Å²) in [5.41, 5.74) is -3.03. The molecule has 168 valence electrons. The van der Waals surface area contributed by atoms with Gasteiger partial charge in [0.2, 0.25) is 5.91 Å². The number of nitrogens with zero attached hydrogens (tertiary/aromatic N) is 2. The number of nitrogens with one attached hydrogen (secondary N) is 1. The van der Waals surface area contributed by atoms with Gasteiger partial charge in [-0.2, -0.15) is 26.3 Å². The number of aromatic nitrogens is 1. The number of hydrogen-bond donors (Lipinski definition) is 1. The second kappa shape index (κ2) is 8.48. The van der Waals surface area contributed by atoms with E-state index in [2.05, 4.69) is 10.3 Å². The van der Waals surface area contributed by atoms with Gasteiger partial charge in [-0.1, -0.05) is 0 Å². The van der Waals surface area contributed by atoms with Gasteiger partial charge in [-0.05, 0) is 38.0 Å². The SMILES string of the molecule is Cc1csc(NC(=O)C2CCN(C(=O)c3cc(C(F)(F)F)cc(C(F)(F)F)c3)CC2)n1. The summed E-state index contributed by atoms with van der Waals surface area (Å²) in [5, 5.41) is 4.87. The number of likely N-dealkylation sites (tertiary alicyclic amines) is 1. The second-order valence-electron chi connectivity index (χ2n) is 7.14. The second-order valence-corrected chi connectivity index (χ2v) is 8.00. The van der Waals surface area contributed by atoms with Crippen LogP contribution in [0.5, 0.6) is 0 Å². The van der Waals surface area contributed by atoms with Crippen molar-refractivity contribution in [2.75, 3.05) is 18.4 Å². The molecule has 2 aromatic rings. The average molecular weight is 465 g/mol. The van der Waals surface area contributed by atoms with E-state index in [1.54, 1.807) is 12.3 Å². The fourth-order valence-corrected chi connectivity index (χ4v) is 3.92. The molecule has 1 saturated heterocycles. The first-order valence-electron chi connectivity index (χ1n) is 9.16. The van der Waals surface area contributed by atoms with Crippen LogP contribution in [0.1, 0.15) is 40.0 Å². The van der Waals surface area contributed by atoms with E-state index < -0.39 is 40.9 Å². The lowest BCUT2D eigenvalue weighted by atomic mass is 9.95. The summed E-state index contributed by atoms with van der Waals surface area (Å²) in [5.74, 6) is -1.67. The van der Waals surface area contributed by atoms with Crippen molar-refractivity contribution < 1.29 is 35.9 Å². The number of piperidine rings is 1. The van der Waals surface area contributed by atoms with Crippen LogP contribution in [0, 0.1) is 12.8 Å². The van der Waals surface area contributed by atoms with Crippen LogP contribution in [-0.4, -0.2) is 34.8 Å². The Kier molecular flexibility index (Phi) is 6.30. The first kappa shape index (κ1) is 23.0. The van der Waals surface area contributed by atoms with E-state index >= 15 is 0 Å². The smallest absolute Gasteiger partial charge is 0.339 e. The zero-order valence-corrected chi connectivity index (χ0v) is 16.9. The molecule has 1 aliphatic heterocycles. The fourth-order valence-electron chi connectivity index (χ4n) is 3.22. The molecule has 1 fully saturated rings. The number of aryl methyl sites for hydroxylation is 1. The number of benzene rings is 1. The monoisotopic (exact) mass is 465 g/mol. The van der Waals surface area contributed by atoms with Gasteiger partial charge < -0.3 is 10.2 Å². The number of carbonyl (C=O) groups excluding carboxylic acids is 2. The molecule has 1 aromatic heterocycles. The Balaban J connectivity index is 1.71. The highest BCUT2D eigenvalue weighted by Crippen LogP contribution is 2.36. The first-order chi connectivity index (χ1) is 14.3. The van der Waals surface area contributed by atoms with E-state index in [9.17, 15) is 35.9 Å². The van der Waals surface area contributed by atoms with Gasteiger partial charge >= 0.3 is 12.4 Å². The summed E-state index contributed by atoms with van der Waals surface area (Å²) >= 11 is 1.26. The maximum Gasteiger partial charge on any atom is 0.416 e. The molecule has 2 amide bonds. The van der Waals surface area contributed by atoms with Crippen molar-refractivity contribution in [3.8, 4) is 0 Å². The van der Waals surface area contributed by atoms with Crippen LogP contribution in [0.15, 0.2) is 23.6 Å². The van der Waals surface area contributed by atoms with Gasteiger partial charge in [0.05, 0.1) is 16.8 Å². The highest BCUT2D eigenvalue weighted by Gasteiger charge is 2.38. The lowest BCUT2D eigenvalue weighted by Gasteiger charge is -2.31. The molecule has 31 heavy (non-hydrogen) atoms. The molecule has 0 bridgehead atoms. The zero-order valence-electron chi connectivity index (χ0n) is 16.1. The van der Waals surface area contributed by atoms with Crippen molar-refractivity contribution in [2.24, 2.45) is 5.92 Å². The Morgan fingerprint density at radius 3 is 2.03 bits per heavy atom. The number of halogens is 6. The number of thiazole rings is 1. The van der Waals surface area contributed by atoms with Gasteiger partial charge in [0.1, 0.15) is 0 Å². The number of anilines is 1. The number of alkyl halides is 6. The normalized spacial score (nSPS) is 15.8. The van der Waals surface area contributed by atoms with Crippen molar-refractivity contribution in [3.05, 3.63) is 46.0 Å². The van der Waals surface area contributed by atoms with Crippen molar-refractivity contribution in [1.82, 2.24) is 9.88 Å². The maximum absolute atomic E-state index is 13.0. The summed E-state index contributed by atoms with van der Waals surface area (Å²) < 4.78 is 78.1. The van der Waals surface area contributed by atoms with Gasteiger partial charge in [-0.15, -0.1) is 11.3 Å². The first-order valence-corrected chi connectivity index (χ1v) is 10.0. The quantitative estimate of drug-likeness (QED) is 0.651. The molecule has 5 nitrogen and oxygen atoms in total. The van der Waals surface area contributed by atoms with Crippen molar-refractivity contribution in [1.29, 1.82) is 0 Å². The minimum atomic E-state index is -5.03. The molecule has 0 unspecified atom stereocenters. The molecule has 0 atom stereocenters. The molecule has 1 aliphatic rings. The Labute approximate surface area is 177 Å². The van der Waals surface area contributed by atoms with E-state index in [1.165, 1.54) is 11.3 Å². The Hall–Kier alpha value is -2.63. The molecule has 1 aromatic carbocycles. The Morgan fingerprint density at radius 2 is 1.58 bits per heavy atom. The van der Waals surface area contributed by atoms with Crippen LogP contribution in [0.2, 0.25) is 0 Å². The highest BCUT2D eigenvalue weighted by molar-refractivity contribution is 7.13. The number of rotatable bonds is 3. The standard InChI is InChI=1S/C19H17F6N3O2S/c1-10-9-31-17(26-10)27-15(29)11-2-4-28(5-3-11)16(30)12-6-13(18(20,21)22)8-14(7-12)19(23,24)25/h6-9,11H,2-5H2,1H3,(H,26,27,29). The summed E-state index contributed by atoms with van der Waals surface area (Å²) in [6.45, 7) is 1.84. The predicted octanol–water partition coefficient (Wildman–Crippen LogP) is 4.98. The van der Waals surface area contributed by atoms with Gasteiger partial charge in [-0.25, -0.2) is 4.98 Å². The van der Waals surface area contributed by atoms with Crippen molar-refractivity contribution in [2.45, 2.75) is 32.1 Å². The van der Waals surface area contributed by atoms with E-state index in [1.807, 2.05) is 0 Å². The Morgan fingerprint density at radius 1 is 1.03 bits per heavy atom. The van der Waals surface area contributed by atoms with Gasteiger partial charge in [0, 0.05) is 30.0 Å². The summed E-state index contributed by atoms with van der Waals surface area (Å²) in [6, 6.07) is 0.815. The summed E-state index contributed by atoms with van der Waals surface area (Å²) in [7, 11) is 0. The third-order valence-corrected chi connectivity index (χ3v) is 5.71. The van der Waals surface area contributed by atoms with Crippen LogP contribution >= 0.6 is 11.3 Å². The molecular weight excluding hydrogens is 448 g/mol. The molecule has 0 saturated carbocycles. The lowest BCUT2D eigenvalue weighted by molar-refractivity contribution is -0.143. The third-order valence-electron chi connectivity index (χ3n) is 4.84. The maximum atomic E-state index is 13.0. The average Bonchev–Trinajstić information content (AvgIpc) is 3.10. The molecule has 1 N–H and O–H groups in total. The van der Waals surface area contributed by atoms with Gasteiger partial charge in [-0.3, -0.25) is 9.59 Å². The van der Waals surface area contributed by atoms with Gasteiger partial charge in [0.25, 0.3) is 5.91 Å². The topological polar surface area (TPSA) is 62.3 Å². The van der Waals surface area contributed by atoms with E-state index in [-0.39, 0.29) is 37.9 Å². The minimum absolute atomic E-state index is 0.0202. The zero-order chi connectivity index (χ0) is 23.0. The number of amides is 2. The van der Waals surface area contributed by atoms with Crippen molar-refractivity contribution in [3.63, 3.8) is 0 Å². The van der Waals surface area contributed by atoms with E-state index in [4.69, 9.17) is 0 Å². The fraction of sp³-hybridized carbons (Fsp3) is 0.421. The molecule has 2 heterocycles. The van der Waals surface area contributed by atoms with Crippen LogP contribution < -0.4 is 5.32 Å². The van der Waals surface area contributed by atoms with Crippen LogP contribution in [-0.2, 0) is 17.1 Å². The van der Waals surface area contributed by atoms with Crippen molar-refractivity contribution >= 4 is 28.3 Å². The van der Waals surface area contributed by atoms with E-state index in [0.29, 0.717) is 17.3 Å². The molecule has 0 radical (unpaired) electrons. The molecule has 3 rings (SSSR count). The number of carbonyl (C=O) groups is 2. The molecule has 0 spiro atoms. The van der Waals surface area contributed by atoms with Crippen LogP contribution in [0.25, 0.3) is 0 Å². The Bertz CT molecular complexity index is 946. The lowest BCUT2D eigenvalue weighted by Crippen LogP contribution is -2.41. The highest BCUT2D eigenvalue weighted by atomic mass is 32.1. The van der Waals surface area contributed by atoms with E-state index in [0.717, 1.165) is 10.6 Å². The largest absolute Gasteiger partial charge is 0.416 e. The molecular formula is C19H17F6N3O2S. The van der Waals surface area contributed by atoms with Crippen LogP contribution in [0.3, 0.4) is 0 Å². The summed E-state index contributed by atoms with van der Waals surface area (Å²) in [6.07, 6.45) is -9.61.